The van der Waals surface area contributed by atoms with Crippen molar-refractivity contribution in [1.29, 1.82) is 0 Å². The van der Waals surface area contributed by atoms with Gasteiger partial charge in [0.2, 0.25) is 6.79 Å². The molecule has 0 fully saturated rings. The molecule has 188 valence electrons. The van der Waals surface area contributed by atoms with E-state index in [4.69, 9.17) is 14.2 Å². The second-order valence-electron chi connectivity index (χ2n) is 8.10. The number of nitrogens with one attached hydrogen (secondary N) is 3. The molecule has 0 aliphatic carbocycles. The van der Waals surface area contributed by atoms with Crippen LogP contribution < -0.4 is 30.4 Å². The smallest absolute Gasteiger partial charge is 0.410 e. The van der Waals surface area contributed by atoms with Crippen molar-refractivity contribution in [3.8, 4) is 17.2 Å². The quantitative estimate of drug-likeness (QED) is 0.468. The van der Waals surface area contributed by atoms with Crippen LogP contribution in [0.4, 0.5) is 19.0 Å². The van der Waals surface area contributed by atoms with E-state index in [0.29, 0.717) is 22.8 Å². The summed E-state index contributed by atoms with van der Waals surface area (Å²) in [6.07, 6.45) is -4.97. The Hall–Kier alpha value is -4.42. The van der Waals surface area contributed by atoms with Gasteiger partial charge >= 0.3 is 6.18 Å². The van der Waals surface area contributed by atoms with Crippen LogP contribution in [0.3, 0.4) is 0 Å². The number of carbonyl (C=O) groups excluding carboxylic acids is 2. The van der Waals surface area contributed by atoms with Gasteiger partial charge in [0.25, 0.3) is 11.8 Å². The second kappa shape index (κ2) is 8.98. The summed E-state index contributed by atoms with van der Waals surface area (Å²) < 4.78 is 58.2. The molecule has 10 nitrogen and oxygen atoms in total. The highest BCUT2D eigenvalue weighted by Gasteiger charge is 2.47. The summed E-state index contributed by atoms with van der Waals surface area (Å²) in [7, 11) is 1.48. The van der Waals surface area contributed by atoms with Gasteiger partial charge in [0.15, 0.2) is 23.2 Å². The molecule has 1 aromatic heterocycles. The van der Waals surface area contributed by atoms with Crippen molar-refractivity contribution in [1.82, 2.24) is 20.6 Å². The van der Waals surface area contributed by atoms with E-state index in [2.05, 4.69) is 21.3 Å². The molecule has 36 heavy (non-hydrogen) atoms. The number of carbonyl (C=O) groups is 2. The normalized spacial score (nSPS) is 18.1. The summed E-state index contributed by atoms with van der Waals surface area (Å²) in [5.74, 6) is 0.0281. The lowest BCUT2D eigenvalue weighted by Crippen LogP contribution is -2.42. The van der Waals surface area contributed by atoms with Crippen LogP contribution in [0, 0.1) is 0 Å². The molecule has 13 heteroatoms. The predicted octanol–water partition coefficient (Wildman–Crippen LogP) is 3.36. The molecule has 0 bridgehead atoms. The number of rotatable bonds is 4. The molecule has 5 rings (SSSR count). The molecule has 0 spiro atoms. The number of ether oxygens (including phenoxy) is 3. The van der Waals surface area contributed by atoms with E-state index in [9.17, 15) is 22.8 Å². The zero-order valence-corrected chi connectivity index (χ0v) is 18.8. The number of halogens is 3. The van der Waals surface area contributed by atoms with Crippen LogP contribution in [0.15, 0.2) is 48.5 Å². The van der Waals surface area contributed by atoms with E-state index < -0.39 is 30.1 Å². The maximum atomic E-state index is 13.9. The van der Waals surface area contributed by atoms with Gasteiger partial charge in [-0.25, -0.2) is 4.68 Å². The molecule has 2 aromatic carbocycles. The first-order chi connectivity index (χ1) is 17.2. The Morgan fingerprint density at radius 1 is 1.06 bits per heavy atom. The van der Waals surface area contributed by atoms with E-state index >= 15 is 0 Å². The molecule has 3 heterocycles. The van der Waals surface area contributed by atoms with Crippen molar-refractivity contribution in [3.63, 3.8) is 0 Å². The fourth-order valence-corrected chi connectivity index (χ4v) is 4.03. The molecular weight excluding hydrogens is 483 g/mol. The van der Waals surface area contributed by atoms with Crippen molar-refractivity contribution in [2.45, 2.75) is 24.7 Å². The molecule has 3 N–H and O–H groups in total. The number of aromatic nitrogens is 2. The van der Waals surface area contributed by atoms with E-state index in [1.807, 2.05) is 0 Å². The highest BCUT2D eigenvalue weighted by molar-refractivity contribution is 5.98. The number of benzene rings is 2. The Bertz CT molecular complexity index is 1310. The first-order valence-corrected chi connectivity index (χ1v) is 10.8. The van der Waals surface area contributed by atoms with Gasteiger partial charge in [-0.15, -0.1) is 0 Å². The van der Waals surface area contributed by atoms with Gasteiger partial charge in [-0.2, -0.15) is 18.3 Å². The lowest BCUT2D eigenvalue weighted by atomic mass is 9.96. The van der Waals surface area contributed by atoms with Crippen molar-refractivity contribution in [2.75, 3.05) is 19.2 Å². The van der Waals surface area contributed by atoms with Crippen LogP contribution in [0.5, 0.6) is 17.2 Å². The zero-order chi connectivity index (χ0) is 25.4. The Morgan fingerprint density at radius 2 is 1.78 bits per heavy atom. The molecule has 2 atom stereocenters. The summed E-state index contributed by atoms with van der Waals surface area (Å²) in [6.45, 7) is 0.0440. The average molecular weight is 503 g/mol. The van der Waals surface area contributed by atoms with E-state index in [1.54, 1.807) is 30.3 Å². The number of nitrogens with zero attached hydrogens (tertiary/aromatic N) is 2. The summed E-state index contributed by atoms with van der Waals surface area (Å²) >= 11 is 0. The van der Waals surface area contributed by atoms with Crippen LogP contribution in [-0.4, -0.2) is 41.7 Å². The maximum absolute atomic E-state index is 13.9. The summed E-state index contributed by atoms with van der Waals surface area (Å²) in [6, 6.07) is 9.55. The zero-order valence-electron chi connectivity index (χ0n) is 18.8. The van der Waals surface area contributed by atoms with Gasteiger partial charge in [0.1, 0.15) is 11.6 Å². The van der Waals surface area contributed by atoms with E-state index in [0.717, 1.165) is 4.68 Å². The largest absolute Gasteiger partial charge is 0.497 e. The average Bonchev–Trinajstić information content (AvgIpc) is 3.52. The van der Waals surface area contributed by atoms with Crippen LogP contribution in [0.2, 0.25) is 0 Å². The Morgan fingerprint density at radius 3 is 2.50 bits per heavy atom. The third kappa shape index (κ3) is 4.46. The SMILES string of the molecule is COc1ccc(C(=O)NNC(=O)c2cc3n(n2)[C@@H](C(F)(F)F)C[C@H](c2ccc4c(c2)OCO4)N3)cc1. The van der Waals surface area contributed by atoms with Gasteiger partial charge in [0, 0.05) is 18.1 Å². The molecule has 3 aromatic rings. The topological polar surface area (TPSA) is 116 Å². The minimum Gasteiger partial charge on any atom is -0.497 e. The molecule has 2 aliphatic rings. The summed E-state index contributed by atoms with van der Waals surface area (Å²) in [5.41, 5.74) is 4.90. The standard InChI is InChI=1S/C23H20F3N5O5/c1-34-14-5-2-12(3-6-14)21(32)28-29-22(33)16-10-20-27-15(9-19(23(24,25)26)31(20)30-16)13-4-7-17-18(8-13)36-11-35-17/h2-8,10,15,19,27H,9,11H2,1H3,(H,28,32)(H,29,33)/t15-,19-/m1/s1. The third-order valence-corrected chi connectivity index (χ3v) is 5.86. The lowest BCUT2D eigenvalue weighted by Gasteiger charge is -2.33. The fourth-order valence-electron chi connectivity index (χ4n) is 4.03. The highest BCUT2D eigenvalue weighted by atomic mass is 19.4. The number of anilines is 1. The number of alkyl halides is 3. The summed E-state index contributed by atoms with van der Waals surface area (Å²) in [4.78, 5) is 24.8. The number of amides is 2. The van der Waals surface area contributed by atoms with Crippen molar-refractivity contribution >= 4 is 17.6 Å². The number of methoxy groups -OCH3 is 1. The number of hydrogen-bond donors (Lipinski definition) is 3. The van der Waals surface area contributed by atoms with Gasteiger partial charge in [-0.1, -0.05) is 6.07 Å². The minimum atomic E-state index is -4.62. The minimum absolute atomic E-state index is 0.0119. The molecule has 0 saturated carbocycles. The molecule has 2 aliphatic heterocycles. The fraction of sp³-hybridized carbons (Fsp3) is 0.261. The summed E-state index contributed by atoms with van der Waals surface area (Å²) in [5, 5.41) is 6.88. The Kier molecular flexibility index (Phi) is 5.82. The van der Waals surface area contributed by atoms with Crippen molar-refractivity contribution in [3.05, 3.63) is 65.4 Å². The molecule has 2 amide bonds. The molecule has 0 radical (unpaired) electrons. The number of fused-ring (bicyclic) bond motifs is 2. The van der Waals surface area contributed by atoms with Crippen molar-refractivity contribution < 1.29 is 37.0 Å². The van der Waals surface area contributed by atoms with Gasteiger partial charge < -0.3 is 19.5 Å². The Balaban J connectivity index is 1.33. The molecule has 0 saturated heterocycles. The lowest BCUT2D eigenvalue weighted by molar-refractivity contribution is -0.173. The number of hydrazine groups is 1. The van der Waals surface area contributed by atoms with Crippen LogP contribution in [-0.2, 0) is 0 Å². The van der Waals surface area contributed by atoms with E-state index in [1.165, 1.54) is 25.3 Å². The van der Waals surface area contributed by atoms with Crippen LogP contribution >= 0.6 is 0 Å². The van der Waals surface area contributed by atoms with Crippen molar-refractivity contribution in [2.24, 2.45) is 0 Å². The first-order valence-electron chi connectivity index (χ1n) is 10.8. The Labute approximate surface area is 202 Å². The third-order valence-electron chi connectivity index (χ3n) is 5.86. The highest BCUT2D eigenvalue weighted by Crippen LogP contribution is 2.45. The van der Waals surface area contributed by atoms with Gasteiger partial charge in [0.05, 0.1) is 13.2 Å². The first kappa shape index (κ1) is 23.3. The van der Waals surface area contributed by atoms with Gasteiger partial charge in [-0.3, -0.25) is 20.4 Å². The number of hydrogen-bond acceptors (Lipinski definition) is 7. The predicted molar refractivity (Wildman–Crippen MR) is 119 cm³/mol. The molecule has 0 unspecified atom stereocenters. The van der Waals surface area contributed by atoms with Crippen LogP contribution in [0.25, 0.3) is 0 Å². The van der Waals surface area contributed by atoms with E-state index in [-0.39, 0.29) is 30.3 Å². The monoisotopic (exact) mass is 503 g/mol. The van der Waals surface area contributed by atoms with Crippen LogP contribution in [0.1, 0.15) is 44.9 Å². The maximum Gasteiger partial charge on any atom is 0.410 e. The molecular formula is C23H20F3N5O5. The van der Waals surface area contributed by atoms with Gasteiger partial charge in [-0.05, 0) is 42.0 Å². The second-order valence-corrected chi connectivity index (χ2v) is 8.10.